The molecule has 2 aromatic heterocycles. The molecule has 0 radical (unpaired) electrons. The quantitative estimate of drug-likeness (QED) is 0.270. The minimum absolute atomic E-state index is 0.143. The number of aryl methyl sites for hydroxylation is 1. The number of H-pyrrole nitrogens is 1. The van der Waals surface area contributed by atoms with Gasteiger partial charge in [0.25, 0.3) is 0 Å². The Morgan fingerprint density at radius 3 is 2.66 bits per heavy atom. The summed E-state index contributed by atoms with van der Waals surface area (Å²) in [5, 5.41) is 13.7. The lowest BCUT2D eigenvalue weighted by Gasteiger charge is -2.13. The van der Waals surface area contributed by atoms with Crippen molar-refractivity contribution < 1.29 is 9.53 Å². The number of anilines is 1. The molecule has 0 saturated heterocycles. The Labute approximate surface area is 207 Å². The van der Waals surface area contributed by atoms with Crippen LogP contribution in [0, 0.1) is 6.92 Å². The van der Waals surface area contributed by atoms with Crippen molar-refractivity contribution in [3.63, 3.8) is 0 Å². The predicted molar refractivity (Wildman–Crippen MR) is 140 cm³/mol. The molecule has 5 rings (SSSR count). The number of hydrogen-bond acceptors (Lipinski definition) is 5. The Balaban J connectivity index is 1.46. The van der Waals surface area contributed by atoms with E-state index in [4.69, 9.17) is 4.74 Å². The molecule has 0 spiro atoms. The highest BCUT2D eigenvalue weighted by Crippen LogP contribution is 2.33. The molecule has 35 heavy (non-hydrogen) atoms. The van der Waals surface area contributed by atoms with E-state index in [0.29, 0.717) is 23.2 Å². The average Bonchev–Trinajstić information content (AvgIpc) is 3.48. The van der Waals surface area contributed by atoms with E-state index >= 15 is 0 Å². The second kappa shape index (κ2) is 10.1. The number of ether oxygens (including phenoxy) is 1. The first-order chi connectivity index (χ1) is 17.2. The van der Waals surface area contributed by atoms with E-state index < -0.39 is 0 Å². The van der Waals surface area contributed by atoms with Crippen molar-refractivity contribution in [2.24, 2.45) is 0 Å². The number of aromatic nitrogens is 4. The van der Waals surface area contributed by atoms with Gasteiger partial charge in [-0.05, 0) is 43.7 Å². The van der Waals surface area contributed by atoms with Gasteiger partial charge in [-0.15, -0.1) is 10.2 Å². The summed E-state index contributed by atoms with van der Waals surface area (Å²) in [5.41, 5.74) is 4.70. The van der Waals surface area contributed by atoms with E-state index in [0.717, 1.165) is 33.5 Å². The zero-order valence-corrected chi connectivity index (χ0v) is 20.3. The second-order valence-corrected chi connectivity index (χ2v) is 8.88. The molecular formula is C27H25N5O2S. The molecule has 2 heterocycles. The molecule has 0 unspecified atom stereocenters. The monoisotopic (exact) mass is 483 g/mol. The summed E-state index contributed by atoms with van der Waals surface area (Å²) in [6.45, 7) is 4.50. The number of hydrogen-bond donors (Lipinski definition) is 2. The average molecular weight is 484 g/mol. The molecule has 0 atom stereocenters. The lowest BCUT2D eigenvalue weighted by Crippen LogP contribution is -2.15. The molecule has 2 N–H and O–H groups in total. The molecule has 0 aliphatic heterocycles. The maximum Gasteiger partial charge on any atom is 0.234 e. The Kier molecular flexibility index (Phi) is 6.54. The Hall–Kier alpha value is -4.04. The zero-order chi connectivity index (χ0) is 24.2. The number of carbonyl (C=O) groups is 1. The van der Waals surface area contributed by atoms with Crippen molar-refractivity contribution in [1.82, 2.24) is 19.7 Å². The van der Waals surface area contributed by atoms with E-state index in [-0.39, 0.29) is 11.7 Å². The minimum atomic E-state index is -0.143. The summed E-state index contributed by atoms with van der Waals surface area (Å²) in [5.74, 6) is 1.41. The van der Waals surface area contributed by atoms with Crippen LogP contribution in [0.1, 0.15) is 12.5 Å². The van der Waals surface area contributed by atoms with Gasteiger partial charge in [0, 0.05) is 22.7 Å². The minimum Gasteiger partial charge on any atom is -0.492 e. The molecule has 7 nitrogen and oxygen atoms in total. The van der Waals surface area contributed by atoms with E-state index in [9.17, 15) is 4.79 Å². The first kappa shape index (κ1) is 22.7. The zero-order valence-electron chi connectivity index (χ0n) is 19.5. The Bertz CT molecular complexity index is 1490. The van der Waals surface area contributed by atoms with Crippen molar-refractivity contribution in [3.05, 3.63) is 84.6 Å². The second-order valence-electron chi connectivity index (χ2n) is 7.94. The van der Waals surface area contributed by atoms with Gasteiger partial charge in [-0.2, -0.15) is 0 Å². The number of aromatic amines is 1. The van der Waals surface area contributed by atoms with Crippen LogP contribution in [0.4, 0.5) is 5.69 Å². The first-order valence-corrected chi connectivity index (χ1v) is 12.4. The van der Waals surface area contributed by atoms with Gasteiger partial charge in [-0.25, -0.2) is 0 Å². The molecule has 0 fully saturated rings. The van der Waals surface area contributed by atoms with Gasteiger partial charge >= 0.3 is 0 Å². The maximum atomic E-state index is 12.8. The van der Waals surface area contributed by atoms with Gasteiger partial charge in [-0.1, -0.05) is 60.3 Å². The van der Waals surface area contributed by atoms with Gasteiger partial charge < -0.3 is 15.0 Å². The maximum absolute atomic E-state index is 12.8. The van der Waals surface area contributed by atoms with Crippen molar-refractivity contribution >= 4 is 34.3 Å². The number of carbonyl (C=O) groups excluding carboxylic acids is 1. The van der Waals surface area contributed by atoms with Gasteiger partial charge in [0.2, 0.25) is 5.91 Å². The van der Waals surface area contributed by atoms with Crippen LogP contribution in [0.3, 0.4) is 0 Å². The lowest BCUT2D eigenvalue weighted by atomic mass is 10.1. The highest BCUT2D eigenvalue weighted by Gasteiger charge is 2.21. The molecule has 176 valence electrons. The summed E-state index contributed by atoms with van der Waals surface area (Å²) in [4.78, 5) is 16.1. The third-order valence-electron chi connectivity index (χ3n) is 5.61. The normalized spacial score (nSPS) is 11.0. The fourth-order valence-electron chi connectivity index (χ4n) is 3.99. The molecule has 0 bridgehead atoms. The van der Waals surface area contributed by atoms with Crippen molar-refractivity contribution in [2.75, 3.05) is 17.7 Å². The first-order valence-electron chi connectivity index (χ1n) is 11.4. The van der Waals surface area contributed by atoms with Crippen molar-refractivity contribution in [3.8, 4) is 22.8 Å². The number of nitrogens with zero attached hydrogens (tertiary/aromatic N) is 3. The number of benzene rings is 3. The van der Waals surface area contributed by atoms with Crippen LogP contribution in [0.2, 0.25) is 0 Å². The van der Waals surface area contributed by atoms with Crippen molar-refractivity contribution in [1.29, 1.82) is 0 Å². The Morgan fingerprint density at radius 2 is 1.80 bits per heavy atom. The highest BCUT2D eigenvalue weighted by atomic mass is 32.2. The fraction of sp³-hybridized carbons (Fsp3) is 0.148. The molecule has 3 aromatic carbocycles. The van der Waals surface area contributed by atoms with Crippen LogP contribution in [0.25, 0.3) is 28.0 Å². The van der Waals surface area contributed by atoms with Crippen LogP contribution in [0.15, 0.2) is 84.1 Å². The smallest absolute Gasteiger partial charge is 0.234 e. The summed E-state index contributed by atoms with van der Waals surface area (Å²) >= 11 is 1.35. The molecule has 8 heteroatoms. The van der Waals surface area contributed by atoms with Crippen molar-refractivity contribution in [2.45, 2.75) is 19.0 Å². The molecule has 0 saturated carbocycles. The predicted octanol–water partition coefficient (Wildman–Crippen LogP) is 5.85. The van der Waals surface area contributed by atoms with Crippen LogP contribution in [-0.2, 0) is 4.79 Å². The number of thioether (sulfide) groups is 1. The fourth-order valence-corrected chi connectivity index (χ4v) is 4.74. The summed E-state index contributed by atoms with van der Waals surface area (Å²) in [6, 6.07) is 23.6. The molecule has 1 amide bonds. The van der Waals surface area contributed by atoms with Gasteiger partial charge in [-0.3, -0.25) is 9.36 Å². The third-order valence-corrected chi connectivity index (χ3v) is 6.54. The molecule has 5 aromatic rings. The number of nitrogens with one attached hydrogen (secondary N) is 2. The van der Waals surface area contributed by atoms with Gasteiger partial charge in [0.15, 0.2) is 11.0 Å². The largest absolute Gasteiger partial charge is 0.492 e. The number of rotatable bonds is 8. The highest BCUT2D eigenvalue weighted by molar-refractivity contribution is 7.99. The molecular weight excluding hydrogens is 458 g/mol. The number of para-hydroxylation sites is 4. The van der Waals surface area contributed by atoms with E-state index in [2.05, 4.69) is 39.6 Å². The van der Waals surface area contributed by atoms with E-state index in [1.165, 1.54) is 11.8 Å². The van der Waals surface area contributed by atoms with Crippen LogP contribution in [-0.4, -0.2) is 38.0 Å². The van der Waals surface area contributed by atoms with Crippen LogP contribution < -0.4 is 10.1 Å². The van der Waals surface area contributed by atoms with Crippen LogP contribution >= 0.6 is 11.8 Å². The molecule has 0 aliphatic carbocycles. The van der Waals surface area contributed by atoms with Gasteiger partial charge in [0.05, 0.1) is 23.7 Å². The summed E-state index contributed by atoms with van der Waals surface area (Å²) < 4.78 is 7.64. The number of fused-ring (bicyclic) bond motifs is 1. The van der Waals surface area contributed by atoms with Crippen LogP contribution in [0.5, 0.6) is 5.75 Å². The third kappa shape index (κ3) is 4.65. The van der Waals surface area contributed by atoms with E-state index in [1.54, 1.807) is 0 Å². The van der Waals surface area contributed by atoms with E-state index in [1.807, 2.05) is 78.4 Å². The molecule has 0 aliphatic rings. The van der Waals surface area contributed by atoms with Gasteiger partial charge in [0.1, 0.15) is 5.75 Å². The topological polar surface area (TPSA) is 84.8 Å². The summed E-state index contributed by atoms with van der Waals surface area (Å²) in [6.07, 6.45) is 1.95. The number of amides is 1. The summed E-state index contributed by atoms with van der Waals surface area (Å²) in [7, 11) is 0. The standard InChI is InChI=1S/C27H25N5O2S/c1-3-34-24-15-9-7-13-22(24)29-25(33)17-35-27-31-30-26(32(27)23-14-8-4-10-18(23)2)20-16-28-21-12-6-5-11-19(20)21/h4-16,28H,3,17H2,1-2H3,(H,29,33). The Morgan fingerprint density at radius 1 is 1.03 bits per heavy atom. The lowest BCUT2D eigenvalue weighted by molar-refractivity contribution is -0.113. The SMILES string of the molecule is CCOc1ccccc1NC(=O)CSc1nnc(-c2c[nH]c3ccccc23)n1-c1ccccc1C.